The number of ether oxygens (including phenoxy) is 1. The van der Waals surface area contributed by atoms with Crippen molar-refractivity contribution < 1.29 is 9.53 Å². The maximum absolute atomic E-state index is 11.5. The van der Waals surface area contributed by atoms with E-state index in [0.29, 0.717) is 11.3 Å². The molecule has 1 aliphatic carbocycles. The third-order valence-electron chi connectivity index (χ3n) is 3.81. The molecule has 104 valence electrons. The zero-order valence-electron chi connectivity index (χ0n) is 10.8. The van der Waals surface area contributed by atoms with Gasteiger partial charge >= 0.3 is 0 Å². The van der Waals surface area contributed by atoms with E-state index in [9.17, 15) is 10.1 Å². The van der Waals surface area contributed by atoms with Crippen LogP contribution in [0, 0.1) is 11.3 Å². The number of nitriles is 1. The van der Waals surface area contributed by atoms with Crippen LogP contribution in [0.2, 0.25) is 0 Å². The summed E-state index contributed by atoms with van der Waals surface area (Å²) in [6.07, 6.45) is 3.47. The SMILES string of the molecule is N#Cc1ccc(OC2CCC2)c2c1SC(C(N)=O)C2N. The molecule has 1 amide bonds. The Morgan fingerprint density at radius 1 is 1.45 bits per heavy atom. The van der Waals surface area contributed by atoms with Crippen LogP contribution in [0.1, 0.15) is 36.4 Å². The second-order valence-corrected chi connectivity index (χ2v) is 6.26. The highest BCUT2D eigenvalue weighted by molar-refractivity contribution is 8.01. The molecule has 2 aliphatic rings. The number of fused-ring (bicyclic) bond motifs is 1. The van der Waals surface area contributed by atoms with Crippen LogP contribution < -0.4 is 16.2 Å². The molecule has 1 aliphatic heterocycles. The van der Waals surface area contributed by atoms with E-state index < -0.39 is 17.2 Å². The van der Waals surface area contributed by atoms with Gasteiger partial charge in [0.15, 0.2) is 0 Å². The summed E-state index contributed by atoms with van der Waals surface area (Å²) in [5, 5.41) is 8.64. The summed E-state index contributed by atoms with van der Waals surface area (Å²) in [4.78, 5) is 12.2. The molecule has 6 heteroatoms. The molecule has 1 fully saturated rings. The first-order valence-corrected chi connectivity index (χ1v) is 7.45. The first kappa shape index (κ1) is 13.3. The zero-order valence-corrected chi connectivity index (χ0v) is 11.7. The molecule has 1 aromatic carbocycles. The summed E-state index contributed by atoms with van der Waals surface area (Å²) < 4.78 is 5.94. The normalized spacial score (nSPS) is 24.6. The van der Waals surface area contributed by atoms with Crippen molar-refractivity contribution in [2.75, 3.05) is 0 Å². The molecule has 2 atom stereocenters. The molecule has 1 heterocycles. The lowest BCUT2D eigenvalue weighted by Crippen LogP contribution is -2.33. The largest absolute Gasteiger partial charge is 0.490 e. The molecule has 1 aromatic rings. The fourth-order valence-electron chi connectivity index (χ4n) is 2.47. The van der Waals surface area contributed by atoms with E-state index in [1.165, 1.54) is 18.2 Å². The molecular weight excluding hydrogens is 274 g/mol. The number of carbonyl (C=O) groups is 1. The summed E-state index contributed by atoms with van der Waals surface area (Å²) in [5.74, 6) is 0.227. The molecule has 0 spiro atoms. The fraction of sp³-hybridized carbons (Fsp3) is 0.429. The summed E-state index contributed by atoms with van der Waals surface area (Å²) >= 11 is 1.27. The van der Waals surface area contributed by atoms with Gasteiger partial charge in [-0.15, -0.1) is 11.8 Å². The van der Waals surface area contributed by atoms with E-state index in [1.54, 1.807) is 12.1 Å². The van der Waals surface area contributed by atoms with Gasteiger partial charge in [-0.2, -0.15) is 5.26 Å². The van der Waals surface area contributed by atoms with Crippen molar-refractivity contribution in [1.82, 2.24) is 0 Å². The lowest BCUT2D eigenvalue weighted by atomic mass is 9.95. The van der Waals surface area contributed by atoms with E-state index in [1.807, 2.05) is 0 Å². The summed E-state index contributed by atoms with van der Waals surface area (Å²) in [6.45, 7) is 0. The van der Waals surface area contributed by atoms with Gasteiger partial charge in [0.25, 0.3) is 0 Å². The topological polar surface area (TPSA) is 102 Å². The molecule has 0 radical (unpaired) electrons. The van der Waals surface area contributed by atoms with E-state index in [4.69, 9.17) is 16.2 Å². The molecule has 5 nitrogen and oxygen atoms in total. The van der Waals surface area contributed by atoms with Crippen LogP contribution in [0.3, 0.4) is 0 Å². The van der Waals surface area contributed by atoms with Crippen molar-refractivity contribution in [3.8, 4) is 11.8 Å². The second-order valence-electron chi connectivity index (χ2n) is 5.10. The smallest absolute Gasteiger partial charge is 0.232 e. The minimum absolute atomic E-state index is 0.219. The maximum atomic E-state index is 11.5. The van der Waals surface area contributed by atoms with Crippen molar-refractivity contribution >= 4 is 17.7 Å². The standard InChI is InChI=1S/C14H15N3O2S/c15-6-7-4-5-9(19-8-2-1-3-8)10-11(16)13(14(17)18)20-12(7)10/h4-5,8,11,13H,1-3,16H2,(H2,17,18). The predicted octanol–water partition coefficient (Wildman–Crippen LogP) is 1.45. The lowest BCUT2D eigenvalue weighted by molar-refractivity contribution is -0.117. The Morgan fingerprint density at radius 3 is 2.75 bits per heavy atom. The van der Waals surface area contributed by atoms with Crippen LogP contribution >= 0.6 is 11.8 Å². The van der Waals surface area contributed by atoms with E-state index in [0.717, 1.165) is 23.3 Å². The van der Waals surface area contributed by atoms with Crippen LogP contribution in [0.15, 0.2) is 17.0 Å². The number of hydrogen-bond donors (Lipinski definition) is 2. The van der Waals surface area contributed by atoms with Gasteiger partial charge in [-0.3, -0.25) is 4.79 Å². The Balaban J connectivity index is 2.01. The summed E-state index contributed by atoms with van der Waals surface area (Å²) in [6, 6.07) is 5.11. The number of hydrogen-bond acceptors (Lipinski definition) is 5. The highest BCUT2D eigenvalue weighted by Crippen LogP contribution is 2.49. The Bertz CT molecular complexity index is 607. The Kier molecular flexibility index (Phi) is 3.32. The van der Waals surface area contributed by atoms with Crippen molar-refractivity contribution in [2.24, 2.45) is 11.5 Å². The third kappa shape index (κ3) is 2.03. The number of rotatable bonds is 3. The Morgan fingerprint density at radius 2 is 2.20 bits per heavy atom. The van der Waals surface area contributed by atoms with E-state index in [-0.39, 0.29) is 6.10 Å². The molecule has 0 saturated heterocycles. The average molecular weight is 289 g/mol. The van der Waals surface area contributed by atoms with Gasteiger partial charge in [-0.25, -0.2) is 0 Å². The van der Waals surface area contributed by atoms with E-state index >= 15 is 0 Å². The molecule has 1 saturated carbocycles. The Labute approximate surface area is 121 Å². The number of thioether (sulfide) groups is 1. The zero-order chi connectivity index (χ0) is 14.3. The lowest BCUT2D eigenvalue weighted by Gasteiger charge is -2.28. The van der Waals surface area contributed by atoms with Crippen LogP contribution in [0.25, 0.3) is 0 Å². The highest BCUT2D eigenvalue weighted by Gasteiger charge is 2.39. The van der Waals surface area contributed by atoms with Crippen molar-refractivity contribution in [3.63, 3.8) is 0 Å². The third-order valence-corrected chi connectivity index (χ3v) is 5.26. The number of nitrogens with two attached hydrogens (primary N) is 2. The highest BCUT2D eigenvalue weighted by atomic mass is 32.2. The minimum atomic E-state index is -0.539. The number of amides is 1. The molecule has 0 bridgehead atoms. The molecule has 2 unspecified atom stereocenters. The molecule has 20 heavy (non-hydrogen) atoms. The van der Waals surface area contributed by atoms with Crippen LogP contribution in [0.4, 0.5) is 0 Å². The van der Waals surface area contributed by atoms with Crippen LogP contribution in [-0.2, 0) is 4.79 Å². The monoisotopic (exact) mass is 289 g/mol. The quantitative estimate of drug-likeness (QED) is 0.876. The molecule has 4 N–H and O–H groups in total. The first-order valence-electron chi connectivity index (χ1n) is 6.57. The van der Waals surface area contributed by atoms with Gasteiger partial charge in [-0.05, 0) is 31.4 Å². The van der Waals surface area contributed by atoms with Gasteiger partial charge in [-0.1, -0.05) is 0 Å². The van der Waals surface area contributed by atoms with Gasteiger partial charge in [0.1, 0.15) is 17.1 Å². The van der Waals surface area contributed by atoms with Crippen LogP contribution in [-0.4, -0.2) is 17.3 Å². The summed E-state index contributed by atoms with van der Waals surface area (Å²) in [5.41, 5.74) is 12.8. The van der Waals surface area contributed by atoms with Gasteiger partial charge in [0, 0.05) is 10.5 Å². The van der Waals surface area contributed by atoms with Crippen LogP contribution in [0.5, 0.6) is 5.75 Å². The Hall–Kier alpha value is -1.71. The molecular formula is C14H15N3O2S. The van der Waals surface area contributed by atoms with Crippen molar-refractivity contribution in [3.05, 3.63) is 23.3 Å². The van der Waals surface area contributed by atoms with Crippen molar-refractivity contribution in [1.29, 1.82) is 5.26 Å². The predicted molar refractivity (Wildman–Crippen MR) is 75.2 cm³/mol. The van der Waals surface area contributed by atoms with Gasteiger partial charge in [0.2, 0.25) is 5.91 Å². The average Bonchev–Trinajstić information content (AvgIpc) is 2.72. The second kappa shape index (κ2) is 5.00. The number of primary amides is 1. The molecule has 3 rings (SSSR count). The number of nitrogens with zero attached hydrogens (tertiary/aromatic N) is 1. The van der Waals surface area contributed by atoms with Gasteiger partial charge in [0.05, 0.1) is 17.7 Å². The fourth-order valence-corrected chi connectivity index (χ4v) is 3.73. The first-order chi connectivity index (χ1) is 9.61. The van der Waals surface area contributed by atoms with E-state index in [2.05, 4.69) is 6.07 Å². The van der Waals surface area contributed by atoms with Crippen molar-refractivity contribution in [2.45, 2.75) is 41.6 Å². The minimum Gasteiger partial charge on any atom is -0.490 e. The molecule has 0 aromatic heterocycles. The van der Waals surface area contributed by atoms with Gasteiger partial charge < -0.3 is 16.2 Å². The summed E-state index contributed by atoms with van der Waals surface area (Å²) in [7, 11) is 0. The number of benzene rings is 1. The maximum Gasteiger partial charge on any atom is 0.232 e. The number of carbonyl (C=O) groups excluding carboxylic acids is 1.